The highest BCUT2D eigenvalue weighted by molar-refractivity contribution is 8.01. The van der Waals surface area contributed by atoms with Crippen LogP contribution in [0, 0.1) is 11.3 Å². The standard InChI is InChI=1S/C11H19N5S2/c1-8(6-11(2,7-12)13-3)17-10-15-14-9(18-10)16(4)5/h8,13H,6H2,1-5H3. The van der Waals surface area contributed by atoms with Crippen LogP contribution in [0.25, 0.3) is 0 Å². The number of hydrogen-bond donors (Lipinski definition) is 1. The Morgan fingerprint density at radius 3 is 2.67 bits per heavy atom. The Labute approximate surface area is 117 Å². The van der Waals surface area contributed by atoms with Crippen LogP contribution in [-0.4, -0.2) is 42.1 Å². The second-order valence-electron chi connectivity index (χ2n) is 4.57. The van der Waals surface area contributed by atoms with E-state index in [0.29, 0.717) is 5.25 Å². The molecule has 0 aliphatic rings. The molecule has 0 saturated heterocycles. The average Bonchev–Trinajstić information content (AvgIpc) is 2.77. The molecule has 0 aliphatic carbocycles. The molecule has 0 spiro atoms. The minimum Gasteiger partial charge on any atom is -0.353 e. The fourth-order valence-corrected chi connectivity index (χ4v) is 3.68. The summed E-state index contributed by atoms with van der Waals surface area (Å²) < 4.78 is 0.947. The maximum atomic E-state index is 9.12. The van der Waals surface area contributed by atoms with E-state index >= 15 is 0 Å². The van der Waals surface area contributed by atoms with Crippen LogP contribution in [0.1, 0.15) is 20.3 Å². The molecule has 0 aliphatic heterocycles. The van der Waals surface area contributed by atoms with Gasteiger partial charge in [0, 0.05) is 19.3 Å². The highest BCUT2D eigenvalue weighted by Gasteiger charge is 2.25. The number of aromatic nitrogens is 2. The molecular formula is C11H19N5S2. The number of rotatable bonds is 6. The highest BCUT2D eigenvalue weighted by Crippen LogP contribution is 2.32. The lowest BCUT2D eigenvalue weighted by Crippen LogP contribution is -2.40. The maximum absolute atomic E-state index is 9.12. The molecule has 1 aromatic heterocycles. The van der Waals surface area contributed by atoms with Gasteiger partial charge in [-0.1, -0.05) is 30.0 Å². The van der Waals surface area contributed by atoms with E-state index in [-0.39, 0.29) is 0 Å². The fourth-order valence-electron chi connectivity index (χ4n) is 1.42. The molecule has 1 N–H and O–H groups in total. The molecule has 0 bridgehead atoms. The quantitative estimate of drug-likeness (QED) is 0.806. The van der Waals surface area contributed by atoms with Gasteiger partial charge in [-0.25, -0.2) is 0 Å². The van der Waals surface area contributed by atoms with Crippen LogP contribution in [-0.2, 0) is 0 Å². The Morgan fingerprint density at radius 1 is 1.56 bits per heavy atom. The van der Waals surface area contributed by atoms with E-state index in [1.807, 2.05) is 33.0 Å². The largest absolute Gasteiger partial charge is 0.353 e. The van der Waals surface area contributed by atoms with Crippen molar-refractivity contribution < 1.29 is 0 Å². The average molecular weight is 285 g/mol. The Bertz CT molecular complexity index is 425. The van der Waals surface area contributed by atoms with Crippen LogP contribution in [0.2, 0.25) is 0 Å². The summed E-state index contributed by atoms with van der Waals surface area (Å²) in [7, 11) is 5.72. The summed E-state index contributed by atoms with van der Waals surface area (Å²) in [5.41, 5.74) is -0.485. The SMILES string of the molecule is CNC(C)(C#N)CC(C)Sc1nnc(N(C)C)s1. The summed E-state index contributed by atoms with van der Waals surface area (Å²) in [6.45, 7) is 4.02. The van der Waals surface area contributed by atoms with E-state index < -0.39 is 5.54 Å². The third kappa shape index (κ3) is 4.12. The van der Waals surface area contributed by atoms with Crippen molar-refractivity contribution in [3.05, 3.63) is 0 Å². The predicted octanol–water partition coefficient (Wildman–Crippen LogP) is 1.98. The van der Waals surface area contributed by atoms with E-state index in [4.69, 9.17) is 5.26 Å². The first-order valence-electron chi connectivity index (χ1n) is 5.68. The van der Waals surface area contributed by atoms with Crippen molar-refractivity contribution in [1.82, 2.24) is 15.5 Å². The molecule has 2 unspecified atom stereocenters. The predicted molar refractivity (Wildman–Crippen MR) is 77.2 cm³/mol. The van der Waals surface area contributed by atoms with Gasteiger partial charge in [-0.2, -0.15) is 5.26 Å². The van der Waals surface area contributed by atoms with E-state index in [0.717, 1.165) is 15.9 Å². The van der Waals surface area contributed by atoms with Crippen molar-refractivity contribution in [2.45, 2.75) is 35.4 Å². The van der Waals surface area contributed by atoms with Crippen molar-refractivity contribution >= 4 is 28.2 Å². The summed E-state index contributed by atoms with van der Waals surface area (Å²) in [4.78, 5) is 1.94. The van der Waals surface area contributed by atoms with Gasteiger partial charge in [0.05, 0.1) is 6.07 Å². The third-order valence-electron chi connectivity index (χ3n) is 2.57. The van der Waals surface area contributed by atoms with Gasteiger partial charge in [0.2, 0.25) is 5.13 Å². The maximum Gasteiger partial charge on any atom is 0.208 e. The van der Waals surface area contributed by atoms with Crippen molar-refractivity contribution in [3.8, 4) is 6.07 Å². The molecular weight excluding hydrogens is 266 g/mol. The number of hydrogen-bond acceptors (Lipinski definition) is 7. The number of nitrogens with one attached hydrogen (secondary N) is 1. The number of thioether (sulfide) groups is 1. The molecule has 7 heteroatoms. The van der Waals surface area contributed by atoms with Crippen LogP contribution in [0.4, 0.5) is 5.13 Å². The van der Waals surface area contributed by atoms with Gasteiger partial charge in [0.15, 0.2) is 4.34 Å². The summed E-state index contributed by atoms with van der Waals surface area (Å²) in [6.07, 6.45) is 0.765. The molecule has 100 valence electrons. The zero-order valence-electron chi connectivity index (χ0n) is 11.4. The summed E-state index contributed by atoms with van der Waals surface area (Å²) in [6, 6.07) is 2.30. The lowest BCUT2D eigenvalue weighted by atomic mass is 9.98. The van der Waals surface area contributed by atoms with Gasteiger partial charge >= 0.3 is 0 Å². The van der Waals surface area contributed by atoms with Gasteiger partial charge < -0.3 is 10.2 Å². The zero-order chi connectivity index (χ0) is 13.8. The molecule has 1 rings (SSSR count). The minimum atomic E-state index is -0.485. The van der Waals surface area contributed by atoms with Crippen LogP contribution in [0.15, 0.2) is 4.34 Å². The molecule has 0 saturated carbocycles. The normalized spacial score (nSPS) is 15.8. The van der Waals surface area contributed by atoms with Crippen LogP contribution < -0.4 is 10.2 Å². The van der Waals surface area contributed by atoms with Crippen LogP contribution >= 0.6 is 23.1 Å². The summed E-state index contributed by atoms with van der Waals surface area (Å²) >= 11 is 3.24. The van der Waals surface area contributed by atoms with Gasteiger partial charge in [-0.3, -0.25) is 0 Å². The van der Waals surface area contributed by atoms with E-state index in [2.05, 4.69) is 28.5 Å². The molecule has 1 heterocycles. The van der Waals surface area contributed by atoms with Gasteiger partial charge in [0.25, 0.3) is 0 Å². The van der Waals surface area contributed by atoms with Gasteiger partial charge in [0.1, 0.15) is 5.54 Å². The lowest BCUT2D eigenvalue weighted by Gasteiger charge is -2.23. The molecule has 0 radical (unpaired) electrons. The molecule has 5 nitrogen and oxygen atoms in total. The van der Waals surface area contributed by atoms with Crippen LogP contribution in [0.3, 0.4) is 0 Å². The smallest absolute Gasteiger partial charge is 0.208 e. The fraction of sp³-hybridized carbons (Fsp3) is 0.727. The number of anilines is 1. The lowest BCUT2D eigenvalue weighted by molar-refractivity contribution is 0.455. The Balaban J connectivity index is 2.59. The second-order valence-corrected chi connectivity index (χ2v) is 7.21. The molecule has 1 aromatic rings. The van der Waals surface area contributed by atoms with Gasteiger partial charge in [-0.15, -0.1) is 10.2 Å². The van der Waals surface area contributed by atoms with Crippen molar-refractivity contribution in [2.75, 3.05) is 26.0 Å². The molecule has 18 heavy (non-hydrogen) atoms. The molecule has 2 atom stereocenters. The Morgan fingerprint density at radius 2 is 2.22 bits per heavy atom. The zero-order valence-corrected chi connectivity index (χ0v) is 13.0. The number of nitrogens with zero attached hydrogens (tertiary/aromatic N) is 4. The minimum absolute atomic E-state index is 0.310. The van der Waals surface area contributed by atoms with Crippen LogP contribution in [0.5, 0.6) is 0 Å². The van der Waals surface area contributed by atoms with Crippen molar-refractivity contribution in [1.29, 1.82) is 5.26 Å². The monoisotopic (exact) mass is 285 g/mol. The van der Waals surface area contributed by atoms with Crippen molar-refractivity contribution in [3.63, 3.8) is 0 Å². The van der Waals surface area contributed by atoms with Gasteiger partial charge in [-0.05, 0) is 20.4 Å². The first-order valence-corrected chi connectivity index (χ1v) is 7.37. The highest BCUT2D eigenvalue weighted by atomic mass is 32.2. The summed E-state index contributed by atoms with van der Waals surface area (Å²) in [5.74, 6) is 0. The first-order chi connectivity index (χ1) is 8.40. The van der Waals surface area contributed by atoms with E-state index in [1.165, 1.54) is 0 Å². The molecule has 0 aromatic carbocycles. The third-order valence-corrected chi connectivity index (χ3v) is 4.85. The topological polar surface area (TPSA) is 64.8 Å². The second kappa shape index (κ2) is 6.36. The molecule has 0 amide bonds. The first kappa shape index (κ1) is 15.2. The van der Waals surface area contributed by atoms with Crippen molar-refractivity contribution in [2.24, 2.45) is 0 Å². The number of nitriles is 1. The van der Waals surface area contributed by atoms with E-state index in [9.17, 15) is 0 Å². The molecule has 0 fully saturated rings. The van der Waals surface area contributed by atoms with E-state index in [1.54, 1.807) is 23.1 Å². The Kier molecular flexibility index (Phi) is 5.38. The summed E-state index contributed by atoms with van der Waals surface area (Å²) in [5, 5.41) is 21.6. The Hall–Kier alpha value is -0.840.